The van der Waals surface area contributed by atoms with Crippen LogP contribution in [0.15, 0.2) is 0 Å². The normalized spacial score (nSPS) is 10.7. The van der Waals surface area contributed by atoms with Crippen molar-refractivity contribution in [2.75, 3.05) is 18.5 Å². The molecule has 78 valence electrons. The van der Waals surface area contributed by atoms with E-state index in [-0.39, 0.29) is 16.3 Å². The van der Waals surface area contributed by atoms with Gasteiger partial charge in [-0.15, -0.1) is 10.2 Å². The predicted molar refractivity (Wildman–Crippen MR) is 49.1 cm³/mol. The van der Waals surface area contributed by atoms with Crippen LogP contribution >= 0.6 is 23.2 Å². The highest BCUT2D eigenvalue weighted by atomic mass is 35.5. The molecule has 1 aromatic rings. The predicted octanol–water partition coefficient (Wildman–Crippen LogP) is 1.88. The van der Waals surface area contributed by atoms with Crippen LogP contribution in [0.1, 0.15) is 0 Å². The lowest BCUT2D eigenvalue weighted by Gasteiger charge is -2.17. The summed E-state index contributed by atoms with van der Waals surface area (Å²) < 4.78 is 24.0. The summed E-state index contributed by atoms with van der Waals surface area (Å²) in [7, 11) is 1.42. The molecule has 14 heavy (non-hydrogen) atoms. The van der Waals surface area contributed by atoms with Crippen LogP contribution < -0.4 is 4.90 Å². The minimum Gasteiger partial charge on any atom is -0.351 e. The summed E-state index contributed by atoms with van der Waals surface area (Å²) in [6.45, 7) is -0.491. The SMILES string of the molecule is CN(CC(F)F)c1nc(Cl)nnc1Cl. The quantitative estimate of drug-likeness (QED) is 0.812. The fourth-order valence-corrected chi connectivity index (χ4v) is 1.16. The molecular weight excluding hydrogens is 237 g/mol. The van der Waals surface area contributed by atoms with E-state index >= 15 is 0 Å². The maximum absolute atomic E-state index is 12.0. The van der Waals surface area contributed by atoms with Crippen LogP contribution in [-0.2, 0) is 0 Å². The lowest BCUT2D eigenvalue weighted by Crippen LogP contribution is -2.25. The molecule has 1 aromatic heterocycles. The molecule has 1 heterocycles. The first-order chi connectivity index (χ1) is 6.50. The number of rotatable bonds is 3. The van der Waals surface area contributed by atoms with Crippen molar-refractivity contribution in [1.82, 2.24) is 15.2 Å². The third kappa shape index (κ3) is 2.88. The molecule has 0 saturated carbocycles. The Hall–Kier alpha value is -0.750. The van der Waals surface area contributed by atoms with Crippen molar-refractivity contribution in [1.29, 1.82) is 0 Å². The summed E-state index contributed by atoms with van der Waals surface area (Å²) in [6.07, 6.45) is -2.48. The third-order valence-electron chi connectivity index (χ3n) is 1.38. The topological polar surface area (TPSA) is 41.9 Å². The molecule has 0 saturated heterocycles. The molecule has 8 heteroatoms. The summed E-state index contributed by atoms with van der Waals surface area (Å²) in [5, 5.41) is 6.61. The molecule has 1 rings (SSSR count). The Bertz CT molecular complexity index is 323. The Labute approximate surface area is 88.9 Å². The standard InChI is InChI=1S/C6H6Cl2F2N4/c1-14(2-3(9)10)5-4(7)12-13-6(8)11-5/h3H,2H2,1H3. The van der Waals surface area contributed by atoms with Crippen LogP contribution in [-0.4, -0.2) is 35.2 Å². The fourth-order valence-electron chi connectivity index (χ4n) is 0.822. The van der Waals surface area contributed by atoms with Gasteiger partial charge in [0.2, 0.25) is 5.28 Å². The van der Waals surface area contributed by atoms with Crippen LogP contribution in [0.2, 0.25) is 10.4 Å². The van der Waals surface area contributed by atoms with Gasteiger partial charge in [-0.3, -0.25) is 0 Å². The zero-order chi connectivity index (χ0) is 10.7. The van der Waals surface area contributed by atoms with Gasteiger partial charge < -0.3 is 4.90 Å². The van der Waals surface area contributed by atoms with Crippen molar-refractivity contribution in [3.63, 3.8) is 0 Å². The maximum Gasteiger partial charge on any atom is 0.255 e. The number of nitrogens with zero attached hydrogens (tertiary/aromatic N) is 4. The first-order valence-electron chi connectivity index (χ1n) is 3.55. The second kappa shape index (κ2) is 4.65. The zero-order valence-corrected chi connectivity index (χ0v) is 8.60. The molecule has 0 aliphatic carbocycles. The second-order valence-electron chi connectivity index (χ2n) is 2.47. The molecule has 4 nitrogen and oxygen atoms in total. The van der Waals surface area contributed by atoms with Crippen molar-refractivity contribution >= 4 is 29.0 Å². The van der Waals surface area contributed by atoms with Gasteiger partial charge in [-0.05, 0) is 11.6 Å². The fraction of sp³-hybridized carbons (Fsp3) is 0.500. The first kappa shape index (κ1) is 11.3. The number of halogens is 4. The van der Waals surface area contributed by atoms with Crippen molar-refractivity contribution in [3.8, 4) is 0 Å². The van der Waals surface area contributed by atoms with Crippen LogP contribution in [0.3, 0.4) is 0 Å². The van der Waals surface area contributed by atoms with Gasteiger partial charge in [0.1, 0.15) is 0 Å². The first-order valence-corrected chi connectivity index (χ1v) is 4.31. The van der Waals surface area contributed by atoms with Gasteiger partial charge in [0.15, 0.2) is 11.0 Å². The largest absolute Gasteiger partial charge is 0.351 e. The third-order valence-corrected chi connectivity index (χ3v) is 1.78. The van der Waals surface area contributed by atoms with Crippen molar-refractivity contribution < 1.29 is 8.78 Å². The lowest BCUT2D eigenvalue weighted by molar-refractivity contribution is 0.156. The van der Waals surface area contributed by atoms with Gasteiger partial charge in [0, 0.05) is 7.05 Å². The van der Waals surface area contributed by atoms with Gasteiger partial charge in [-0.2, -0.15) is 4.98 Å². The van der Waals surface area contributed by atoms with Gasteiger partial charge in [-0.25, -0.2) is 8.78 Å². The molecular formula is C6H6Cl2F2N4. The molecule has 0 N–H and O–H groups in total. The highest BCUT2D eigenvalue weighted by Gasteiger charge is 2.14. The van der Waals surface area contributed by atoms with Crippen LogP contribution in [0.5, 0.6) is 0 Å². The highest BCUT2D eigenvalue weighted by Crippen LogP contribution is 2.20. The van der Waals surface area contributed by atoms with Gasteiger partial charge in [0.25, 0.3) is 6.43 Å². The molecule has 0 fully saturated rings. The van der Waals surface area contributed by atoms with Crippen molar-refractivity contribution in [3.05, 3.63) is 10.4 Å². The molecule has 0 atom stereocenters. The monoisotopic (exact) mass is 242 g/mol. The Kier molecular flexibility index (Phi) is 3.77. The molecule has 0 aliphatic rings. The Morgan fingerprint density at radius 1 is 1.36 bits per heavy atom. The van der Waals surface area contributed by atoms with Crippen molar-refractivity contribution in [2.45, 2.75) is 6.43 Å². The number of alkyl halides is 2. The van der Waals surface area contributed by atoms with E-state index < -0.39 is 13.0 Å². The molecule has 0 aliphatic heterocycles. The minimum atomic E-state index is -2.48. The lowest BCUT2D eigenvalue weighted by atomic mass is 10.5. The average Bonchev–Trinajstić information content (AvgIpc) is 2.08. The summed E-state index contributed by atoms with van der Waals surface area (Å²) in [6, 6.07) is 0. The minimum absolute atomic E-state index is 0.0578. The Morgan fingerprint density at radius 2 is 2.00 bits per heavy atom. The van der Waals surface area contributed by atoms with E-state index in [0.717, 1.165) is 4.90 Å². The van der Waals surface area contributed by atoms with Crippen LogP contribution in [0, 0.1) is 0 Å². The van der Waals surface area contributed by atoms with Gasteiger partial charge in [0.05, 0.1) is 6.54 Å². The van der Waals surface area contributed by atoms with E-state index in [9.17, 15) is 8.78 Å². The van der Waals surface area contributed by atoms with E-state index in [0.29, 0.717) is 0 Å². The number of hydrogen-bond acceptors (Lipinski definition) is 4. The van der Waals surface area contributed by atoms with E-state index in [2.05, 4.69) is 15.2 Å². The van der Waals surface area contributed by atoms with E-state index in [1.807, 2.05) is 0 Å². The van der Waals surface area contributed by atoms with Crippen LogP contribution in [0.4, 0.5) is 14.6 Å². The second-order valence-corrected chi connectivity index (χ2v) is 3.16. The molecule has 0 bridgehead atoms. The Balaban J connectivity index is 2.88. The average molecular weight is 243 g/mol. The summed E-state index contributed by atoms with van der Waals surface area (Å²) >= 11 is 11.0. The number of aromatic nitrogens is 3. The van der Waals surface area contributed by atoms with Gasteiger partial charge in [-0.1, -0.05) is 11.6 Å². The smallest absolute Gasteiger partial charge is 0.255 e. The van der Waals surface area contributed by atoms with Gasteiger partial charge >= 0.3 is 0 Å². The number of hydrogen-bond donors (Lipinski definition) is 0. The summed E-state index contributed by atoms with van der Waals surface area (Å²) in [5.74, 6) is 0.0898. The molecule has 0 radical (unpaired) electrons. The number of anilines is 1. The zero-order valence-electron chi connectivity index (χ0n) is 7.09. The summed E-state index contributed by atoms with van der Waals surface area (Å²) in [4.78, 5) is 4.84. The Morgan fingerprint density at radius 3 is 2.57 bits per heavy atom. The highest BCUT2D eigenvalue weighted by molar-refractivity contribution is 6.32. The van der Waals surface area contributed by atoms with E-state index in [1.54, 1.807) is 0 Å². The van der Waals surface area contributed by atoms with Crippen molar-refractivity contribution in [2.24, 2.45) is 0 Å². The maximum atomic E-state index is 12.0. The molecule has 0 spiro atoms. The van der Waals surface area contributed by atoms with E-state index in [1.165, 1.54) is 7.05 Å². The summed E-state index contributed by atoms with van der Waals surface area (Å²) in [5.41, 5.74) is 0. The van der Waals surface area contributed by atoms with E-state index in [4.69, 9.17) is 23.2 Å². The van der Waals surface area contributed by atoms with Crippen LogP contribution in [0.25, 0.3) is 0 Å². The molecule has 0 unspecified atom stereocenters. The molecule has 0 aromatic carbocycles. The molecule has 0 amide bonds.